The van der Waals surface area contributed by atoms with Crippen molar-refractivity contribution in [3.63, 3.8) is 0 Å². The Kier molecular flexibility index (Phi) is 4.93. The predicted molar refractivity (Wildman–Crippen MR) is 110 cm³/mol. The molecule has 0 atom stereocenters. The van der Waals surface area contributed by atoms with Crippen molar-refractivity contribution in [1.82, 2.24) is 0 Å². The molecule has 0 radical (unpaired) electrons. The lowest BCUT2D eigenvalue weighted by Crippen LogP contribution is -2.05. The van der Waals surface area contributed by atoms with E-state index in [0.717, 1.165) is 6.42 Å². The monoisotopic (exact) mass is 334 g/mol. The summed E-state index contributed by atoms with van der Waals surface area (Å²) in [4.78, 5) is 0. The molecule has 0 heterocycles. The predicted octanol–water partition coefficient (Wildman–Crippen LogP) is 6.73. The lowest BCUT2D eigenvalue weighted by atomic mass is 9.86. The van der Waals surface area contributed by atoms with Crippen LogP contribution in [0.3, 0.4) is 0 Å². The van der Waals surface area contributed by atoms with Crippen LogP contribution in [-0.2, 0) is 6.42 Å². The van der Waals surface area contributed by atoms with Gasteiger partial charge in [-0.1, -0.05) is 115 Å². The van der Waals surface area contributed by atoms with Crippen molar-refractivity contribution in [2.24, 2.45) is 0 Å². The lowest BCUT2D eigenvalue weighted by molar-refractivity contribution is 0.805. The highest BCUT2D eigenvalue weighted by atomic mass is 14.2. The quantitative estimate of drug-likeness (QED) is 0.379. The van der Waals surface area contributed by atoms with E-state index in [4.69, 9.17) is 0 Å². The molecule has 0 nitrogen and oxygen atoms in total. The standard InChI is InChI=1S/C26H22/c1-4-10-22(11-5-1)23-18-16-21(17-19-23)20-26(24-12-6-2-7-13-24)25-14-8-3-9-15-25/h1-19,26H,20H2. The van der Waals surface area contributed by atoms with Crippen LogP contribution in [0.4, 0.5) is 0 Å². The molecule has 0 aromatic heterocycles. The first-order valence-electron chi connectivity index (χ1n) is 9.14. The highest BCUT2D eigenvalue weighted by Gasteiger charge is 2.14. The molecule has 0 unspecified atom stereocenters. The average molecular weight is 334 g/mol. The summed E-state index contributed by atoms with van der Waals surface area (Å²) < 4.78 is 0. The highest BCUT2D eigenvalue weighted by molar-refractivity contribution is 5.63. The summed E-state index contributed by atoms with van der Waals surface area (Å²) in [5, 5.41) is 0. The summed E-state index contributed by atoms with van der Waals surface area (Å²) >= 11 is 0. The van der Waals surface area contributed by atoms with Gasteiger partial charge in [-0.25, -0.2) is 0 Å². The van der Waals surface area contributed by atoms with E-state index < -0.39 is 0 Å². The van der Waals surface area contributed by atoms with Gasteiger partial charge < -0.3 is 0 Å². The van der Waals surface area contributed by atoms with Crippen LogP contribution in [-0.4, -0.2) is 0 Å². The van der Waals surface area contributed by atoms with Crippen LogP contribution >= 0.6 is 0 Å². The Labute approximate surface area is 155 Å². The fraction of sp³-hybridized carbons (Fsp3) is 0.0769. The molecule has 0 heteroatoms. The fourth-order valence-corrected chi connectivity index (χ4v) is 3.50. The van der Waals surface area contributed by atoms with E-state index in [1.54, 1.807) is 0 Å². The number of benzene rings is 4. The minimum atomic E-state index is 0.375. The summed E-state index contributed by atoms with van der Waals surface area (Å²) in [6.07, 6.45) is 1.00. The number of hydrogen-bond donors (Lipinski definition) is 0. The van der Waals surface area contributed by atoms with Gasteiger partial charge >= 0.3 is 0 Å². The number of hydrogen-bond acceptors (Lipinski definition) is 0. The first-order valence-corrected chi connectivity index (χ1v) is 9.14. The van der Waals surface area contributed by atoms with E-state index >= 15 is 0 Å². The van der Waals surface area contributed by atoms with Gasteiger partial charge in [-0.2, -0.15) is 0 Å². The summed E-state index contributed by atoms with van der Waals surface area (Å²) in [7, 11) is 0. The van der Waals surface area contributed by atoms with Gasteiger partial charge in [-0.3, -0.25) is 0 Å². The van der Waals surface area contributed by atoms with Gasteiger partial charge in [0.05, 0.1) is 0 Å². The summed E-state index contributed by atoms with van der Waals surface area (Å²) in [5.41, 5.74) is 6.63. The van der Waals surface area contributed by atoms with Crippen molar-refractivity contribution in [3.8, 4) is 11.1 Å². The molecule has 0 aliphatic heterocycles. The molecule has 0 spiro atoms. The van der Waals surface area contributed by atoms with Gasteiger partial charge in [-0.15, -0.1) is 0 Å². The van der Waals surface area contributed by atoms with Gasteiger partial charge in [0.25, 0.3) is 0 Å². The highest BCUT2D eigenvalue weighted by Crippen LogP contribution is 2.29. The van der Waals surface area contributed by atoms with Gasteiger partial charge in [0, 0.05) is 5.92 Å². The smallest absolute Gasteiger partial charge is 0.0130 e. The van der Waals surface area contributed by atoms with Gasteiger partial charge in [0.15, 0.2) is 0 Å². The van der Waals surface area contributed by atoms with Crippen molar-refractivity contribution in [2.45, 2.75) is 12.3 Å². The average Bonchev–Trinajstić information content (AvgIpc) is 2.74. The Morgan fingerprint density at radius 2 is 0.846 bits per heavy atom. The second-order valence-electron chi connectivity index (χ2n) is 6.64. The molecule has 4 rings (SSSR count). The van der Waals surface area contributed by atoms with Crippen molar-refractivity contribution in [2.75, 3.05) is 0 Å². The minimum Gasteiger partial charge on any atom is -0.0622 e. The summed E-state index contributed by atoms with van der Waals surface area (Å²) in [5.74, 6) is 0.375. The van der Waals surface area contributed by atoms with Crippen LogP contribution in [0.5, 0.6) is 0 Å². The molecule has 4 aromatic carbocycles. The largest absolute Gasteiger partial charge is 0.0622 e. The van der Waals surface area contributed by atoms with Gasteiger partial charge in [0.1, 0.15) is 0 Å². The van der Waals surface area contributed by atoms with Crippen molar-refractivity contribution in [1.29, 1.82) is 0 Å². The van der Waals surface area contributed by atoms with Crippen LogP contribution < -0.4 is 0 Å². The first-order chi connectivity index (χ1) is 12.9. The molecular formula is C26H22. The molecule has 0 bridgehead atoms. The van der Waals surface area contributed by atoms with Crippen LogP contribution in [0.2, 0.25) is 0 Å². The first kappa shape index (κ1) is 16.4. The Balaban J connectivity index is 1.62. The molecule has 0 N–H and O–H groups in total. The molecule has 0 aliphatic rings. The van der Waals surface area contributed by atoms with E-state index in [0.29, 0.717) is 5.92 Å². The maximum atomic E-state index is 2.27. The van der Waals surface area contributed by atoms with Crippen molar-refractivity contribution in [3.05, 3.63) is 132 Å². The van der Waals surface area contributed by atoms with Crippen molar-refractivity contribution < 1.29 is 0 Å². The minimum absolute atomic E-state index is 0.375. The molecule has 0 saturated heterocycles. The Morgan fingerprint density at radius 3 is 1.35 bits per heavy atom. The molecule has 0 fully saturated rings. The maximum absolute atomic E-state index is 2.27. The Morgan fingerprint density at radius 1 is 0.423 bits per heavy atom. The lowest BCUT2D eigenvalue weighted by Gasteiger charge is -2.18. The van der Waals surface area contributed by atoms with Crippen LogP contribution in [0.25, 0.3) is 11.1 Å². The van der Waals surface area contributed by atoms with E-state index in [9.17, 15) is 0 Å². The fourth-order valence-electron chi connectivity index (χ4n) is 3.50. The topological polar surface area (TPSA) is 0 Å². The molecule has 26 heavy (non-hydrogen) atoms. The van der Waals surface area contributed by atoms with Gasteiger partial charge in [-0.05, 0) is 34.2 Å². The van der Waals surface area contributed by atoms with Crippen LogP contribution in [0.15, 0.2) is 115 Å². The maximum Gasteiger partial charge on any atom is 0.0130 e. The Bertz CT molecular complexity index is 884. The van der Waals surface area contributed by atoms with Crippen molar-refractivity contribution >= 4 is 0 Å². The zero-order valence-corrected chi connectivity index (χ0v) is 14.8. The second kappa shape index (κ2) is 7.84. The van der Waals surface area contributed by atoms with Crippen LogP contribution in [0, 0.1) is 0 Å². The molecule has 0 aliphatic carbocycles. The third-order valence-corrected chi connectivity index (χ3v) is 4.90. The second-order valence-corrected chi connectivity index (χ2v) is 6.64. The van der Waals surface area contributed by atoms with E-state index in [1.807, 2.05) is 0 Å². The normalized spacial score (nSPS) is 10.8. The van der Waals surface area contributed by atoms with E-state index in [2.05, 4.69) is 115 Å². The third-order valence-electron chi connectivity index (χ3n) is 4.90. The van der Waals surface area contributed by atoms with E-state index in [-0.39, 0.29) is 0 Å². The third kappa shape index (κ3) is 3.75. The molecular weight excluding hydrogens is 312 g/mol. The summed E-state index contributed by atoms with van der Waals surface area (Å²) in [6, 6.07) is 41.2. The zero-order valence-electron chi connectivity index (χ0n) is 14.8. The molecule has 126 valence electrons. The number of rotatable bonds is 5. The Hall–Kier alpha value is -3.12. The molecule has 0 amide bonds. The molecule has 4 aromatic rings. The van der Waals surface area contributed by atoms with Gasteiger partial charge in [0.2, 0.25) is 0 Å². The van der Waals surface area contributed by atoms with E-state index in [1.165, 1.54) is 27.8 Å². The summed E-state index contributed by atoms with van der Waals surface area (Å²) in [6.45, 7) is 0. The van der Waals surface area contributed by atoms with Crippen LogP contribution in [0.1, 0.15) is 22.6 Å². The molecule has 0 saturated carbocycles. The zero-order chi connectivity index (χ0) is 17.6. The SMILES string of the molecule is c1ccc(-c2ccc(CC(c3ccccc3)c3ccccc3)cc2)cc1.